The summed E-state index contributed by atoms with van der Waals surface area (Å²) in [7, 11) is 0. The van der Waals surface area contributed by atoms with Gasteiger partial charge in [-0.2, -0.15) is 0 Å². The van der Waals surface area contributed by atoms with E-state index in [1.807, 2.05) is 15.5 Å². The topological polar surface area (TPSA) is 106 Å². The number of benzene rings is 1. The molecule has 2 amide bonds. The van der Waals surface area contributed by atoms with Crippen molar-refractivity contribution in [2.24, 2.45) is 23.7 Å². The second-order valence-corrected chi connectivity index (χ2v) is 10.7. The van der Waals surface area contributed by atoms with E-state index in [-0.39, 0.29) is 52.4 Å². The van der Waals surface area contributed by atoms with Crippen molar-refractivity contribution in [3.63, 3.8) is 0 Å². The number of nitrogens with zero attached hydrogens (tertiary/aromatic N) is 4. The lowest BCUT2D eigenvalue weighted by Crippen LogP contribution is -2.47. The predicted octanol–water partition coefficient (Wildman–Crippen LogP) is 3.31. The molecule has 6 rings (SSSR count). The van der Waals surface area contributed by atoms with Crippen molar-refractivity contribution in [1.82, 2.24) is 4.57 Å². The fourth-order valence-electron chi connectivity index (χ4n) is 6.80. The summed E-state index contributed by atoms with van der Waals surface area (Å²) >= 11 is 0. The molecule has 3 aliphatic heterocycles. The van der Waals surface area contributed by atoms with Crippen LogP contribution in [0, 0.1) is 33.8 Å². The van der Waals surface area contributed by atoms with Gasteiger partial charge in [0.1, 0.15) is 5.69 Å². The van der Waals surface area contributed by atoms with Gasteiger partial charge in [-0.05, 0) is 55.7 Å². The molecule has 0 N–H and O–H groups in total. The Labute approximate surface area is 202 Å². The molecule has 4 aliphatic rings. The summed E-state index contributed by atoms with van der Waals surface area (Å²) in [5.41, 5.74) is 1.65. The molecule has 9 heteroatoms. The third-order valence-electron chi connectivity index (χ3n) is 8.42. The van der Waals surface area contributed by atoms with Gasteiger partial charge in [-0.3, -0.25) is 24.5 Å². The van der Waals surface area contributed by atoms with Crippen LogP contribution in [0.15, 0.2) is 41.2 Å². The van der Waals surface area contributed by atoms with Crippen LogP contribution in [-0.4, -0.2) is 34.4 Å². The zero-order chi connectivity index (χ0) is 24.4. The van der Waals surface area contributed by atoms with E-state index in [1.165, 1.54) is 11.0 Å². The summed E-state index contributed by atoms with van der Waals surface area (Å²) in [5, 5.41) is 12.1. The Morgan fingerprint density at radius 1 is 0.943 bits per heavy atom. The van der Waals surface area contributed by atoms with Gasteiger partial charge in [0.15, 0.2) is 0 Å². The number of amides is 2. The highest BCUT2D eigenvalue weighted by Gasteiger charge is 2.50. The molecule has 9 nitrogen and oxygen atoms in total. The van der Waals surface area contributed by atoms with Crippen molar-refractivity contribution >= 4 is 28.9 Å². The van der Waals surface area contributed by atoms with Gasteiger partial charge in [-0.15, -0.1) is 0 Å². The molecule has 1 aromatic heterocycles. The molecule has 2 saturated heterocycles. The molecule has 1 aliphatic carbocycles. The Bertz CT molecular complexity index is 1300. The van der Waals surface area contributed by atoms with Gasteiger partial charge < -0.3 is 9.47 Å². The number of carbonyl (C=O) groups is 2. The number of carbonyl (C=O) groups excluding carboxylic acids is 2. The molecule has 2 bridgehead atoms. The van der Waals surface area contributed by atoms with Crippen molar-refractivity contribution in [2.45, 2.75) is 45.1 Å². The summed E-state index contributed by atoms with van der Waals surface area (Å²) in [6.45, 7) is 3.88. The monoisotopic (exact) mass is 476 g/mol. The van der Waals surface area contributed by atoms with E-state index in [1.54, 1.807) is 24.3 Å². The lowest BCUT2D eigenvalue weighted by Gasteiger charge is -2.43. The normalized spacial score (nSPS) is 29.7. The van der Waals surface area contributed by atoms with Crippen LogP contribution < -0.4 is 15.4 Å². The lowest BCUT2D eigenvalue weighted by atomic mass is 9.76. The highest BCUT2D eigenvalue weighted by atomic mass is 16.6. The van der Waals surface area contributed by atoms with E-state index in [4.69, 9.17) is 0 Å². The van der Waals surface area contributed by atoms with Crippen LogP contribution in [0.1, 0.15) is 44.2 Å². The number of rotatable bonds is 3. The minimum atomic E-state index is -0.429. The molecule has 1 saturated carbocycles. The first-order valence-electron chi connectivity index (χ1n) is 12.4. The number of nitro benzene ring substituents is 1. The maximum Gasteiger partial charge on any atom is 0.294 e. The number of aromatic nitrogens is 1. The number of fused-ring (bicyclic) bond motifs is 5. The van der Waals surface area contributed by atoms with Crippen molar-refractivity contribution in [3.8, 4) is 0 Å². The van der Waals surface area contributed by atoms with Gasteiger partial charge in [0, 0.05) is 43.4 Å². The van der Waals surface area contributed by atoms with E-state index in [9.17, 15) is 24.5 Å². The van der Waals surface area contributed by atoms with Gasteiger partial charge in [-0.25, -0.2) is 4.90 Å². The Balaban J connectivity index is 1.32. The van der Waals surface area contributed by atoms with E-state index < -0.39 is 4.92 Å². The van der Waals surface area contributed by atoms with Crippen LogP contribution in [0.5, 0.6) is 0 Å². The molecular formula is C26H28N4O5. The number of nitro groups is 1. The first-order chi connectivity index (χ1) is 16.8. The van der Waals surface area contributed by atoms with Crippen LogP contribution in [0.4, 0.5) is 17.1 Å². The standard InChI is InChI=1S/C26H28N4O5/c1-15-5-7-19-20(9-15)26(33)29(25(19)32)18-6-8-22(23(11-18)30(34)35)27-12-16-10-17(14-27)21-3-2-4-24(31)28(21)13-16/h2-4,6,8,11,15-17,19-20H,5,7,9-10,12-14H2,1H3/t15-,16-,17+,19-,20+/m1/s1. The van der Waals surface area contributed by atoms with Gasteiger partial charge >= 0.3 is 0 Å². The molecule has 182 valence electrons. The molecule has 0 radical (unpaired) electrons. The zero-order valence-corrected chi connectivity index (χ0v) is 19.6. The minimum Gasteiger partial charge on any atom is -0.365 e. The van der Waals surface area contributed by atoms with Crippen LogP contribution in [0.25, 0.3) is 0 Å². The summed E-state index contributed by atoms with van der Waals surface area (Å²) < 4.78 is 1.83. The van der Waals surface area contributed by atoms with E-state index in [0.29, 0.717) is 44.1 Å². The van der Waals surface area contributed by atoms with E-state index in [0.717, 1.165) is 18.5 Å². The second-order valence-electron chi connectivity index (χ2n) is 10.7. The van der Waals surface area contributed by atoms with Crippen LogP contribution >= 0.6 is 0 Å². The van der Waals surface area contributed by atoms with Gasteiger partial charge in [-0.1, -0.05) is 13.0 Å². The van der Waals surface area contributed by atoms with Crippen molar-refractivity contribution < 1.29 is 14.5 Å². The Morgan fingerprint density at radius 2 is 1.74 bits per heavy atom. The van der Waals surface area contributed by atoms with Crippen LogP contribution in [0.2, 0.25) is 0 Å². The number of hydrogen-bond acceptors (Lipinski definition) is 6. The molecule has 1 aromatic carbocycles. The molecular weight excluding hydrogens is 448 g/mol. The smallest absolute Gasteiger partial charge is 0.294 e. The first kappa shape index (κ1) is 22.0. The average molecular weight is 477 g/mol. The second kappa shape index (κ2) is 8.03. The Hall–Kier alpha value is -3.49. The number of imide groups is 1. The quantitative estimate of drug-likeness (QED) is 0.382. The SMILES string of the molecule is C[C@@H]1CC[C@H]2C(=O)N(c3ccc(N4C[C@H]5C[C@@H](C4)c4cccc(=O)n4C5)c([N+](=O)[O-])c3)C(=O)[C@H]2C1. The fourth-order valence-corrected chi connectivity index (χ4v) is 6.80. The number of pyridine rings is 1. The van der Waals surface area contributed by atoms with Crippen LogP contribution in [-0.2, 0) is 16.1 Å². The third-order valence-corrected chi connectivity index (χ3v) is 8.42. The predicted molar refractivity (Wildman–Crippen MR) is 129 cm³/mol. The average Bonchev–Trinajstić information content (AvgIpc) is 3.08. The van der Waals surface area contributed by atoms with E-state index >= 15 is 0 Å². The van der Waals surface area contributed by atoms with Crippen molar-refractivity contribution in [2.75, 3.05) is 22.9 Å². The number of anilines is 2. The van der Waals surface area contributed by atoms with Crippen molar-refractivity contribution in [1.29, 1.82) is 0 Å². The summed E-state index contributed by atoms with van der Waals surface area (Å²) in [6.07, 6.45) is 3.24. The minimum absolute atomic E-state index is 0.00380. The Kier molecular flexibility index (Phi) is 5.05. The summed E-state index contributed by atoms with van der Waals surface area (Å²) in [4.78, 5) is 53.5. The highest BCUT2D eigenvalue weighted by molar-refractivity contribution is 6.22. The molecule has 4 heterocycles. The maximum atomic E-state index is 13.1. The van der Waals surface area contributed by atoms with Gasteiger partial charge in [0.25, 0.3) is 11.2 Å². The fraction of sp³-hybridized carbons (Fsp3) is 0.500. The van der Waals surface area contributed by atoms with Crippen LogP contribution in [0.3, 0.4) is 0 Å². The number of piperidine rings is 1. The maximum absolute atomic E-state index is 13.1. The zero-order valence-electron chi connectivity index (χ0n) is 19.6. The molecule has 5 atom stereocenters. The number of hydrogen-bond donors (Lipinski definition) is 0. The molecule has 2 aromatic rings. The molecule has 0 spiro atoms. The van der Waals surface area contributed by atoms with Gasteiger partial charge in [0.2, 0.25) is 11.8 Å². The molecule has 3 fully saturated rings. The van der Waals surface area contributed by atoms with Gasteiger partial charge in [0.05, 0.1) is 22.4 Å². The van der Waals surface area contributed by atoms with Crippen molar-refractivity contribution in [3.05, 3.63) is 62.6 Å². The molecule has 35 heavy (non-hydrogen) atoms. The largest absolute Gasteiger partial charge is 0.365 e. The highest BCUT2D eigenvalue weighted by Crippen LogP contribution is 2.45. The summed E-state index contributed by atoms with van der Waals surface area (Å²) in [6, 6.07) is 10.0. The lowest BCUT2D eigenvalue weighted by molar-refractivity contribution is -0.384. The third kappa shape index (κ3) is 3.47. The summed E-state index contributed by atoms with van der Waals surface area (Å²) in [5.74, 6) is -0.386. The Morgan fingerprint density at radius 3 is 2.54 bits per heavy atom. The first-order valence-corrected chi connectivity index (χ1v) is 12.4. The molecule has 0 unspecified atom stereocenters. The van der Waals surface area contributed by atoms with E-state index in [2.05, 4.69) is 6.92 Å².